The van der Waals surface area contributed by atoms with Gasteiger partial charge in [0.2, 0.25) is 0 Å². The van der Waals surface area contributed by atoms with Gasteiger partial charge in [-0.1, -0.05) is 31.2 Å². The van der Waals surface area contributed by atoms with Gasteiger partial charge in [0.15, 0.2) is 0 Å². The van der Waals surface area contributed by atoms with Crippen molar-refractivity contribution >= 4 is 12.0 Å². The maximum Gasteiger partial charge on any atom is 0.328 e. The molecule has 1 rings (SSSR count). The van der Waals surface area contributed by atoms with Crippen LogP contribution in [-0.2, 0) is 11.3 Å². The van der Waals surface area contributed by atoms with Crippen molar-refractivity contribution in [2.75, 3.05) is 6.54 Å². The second-order valence-corrected chi connectivity index (χ2v) is 4.93. The Hall–Kier alpha value is -1.61. The Kier molecular flexibility index (Phi) is 6.30. The fourth-order valence-corrected chi connectivity index (χ4v) is 2.03. The van der Waals surface area contributed by atoms with E-state index in [1.165, 1.54) is 11.6 Å². The van der Waals surface area contributed by atoms with E-state index in [0.717, 1.165) is 25.1 Å². The van der Waals surface area contributed by atoms with E-state index in [2.05, 4.69) is 31.7 Å². The third kappa shape index (κ3) is 5.26. The van der Waals surface area contributed by atoms with Crippen LogP contribution in [0.1, 0.15) is 38.3 Å². The van der Waals surface area contributed by atoms with E-state index in [1.807, 2.05) is 18.2 Å². The molecule has 1 aromatic rings. The van der Waals surface area contributed by atoms with Crippen molar-refractivity contribution in [3.8, 4) is 0 Å². The minimum atomic E-state index is -0.913. The van der Waals surface area contributed by atoms with Crippen molar-refractivity contribution in [1.29, 1.82) is 0 Å². The Balaban J connectivity index is 2.90. The molecule has 0 aliphatic carbocycles. The van der Waals surface area contributed by atoms with E-state index in [9.17, 15) is 4.79 Å². The molecule has 0 amide bonds. The molecular weight excluding hydrogens is 238 g/mol. The van der Waals surface area contributed by atoms with Crippen molar-refractivity contribution in [2.24, 2.45) is 0 Å². The van der Waals surface area contributed by atoms with Crippen LogP contribution >= 0.6 is 0 Å². The highest BCUT2D eigenvalue weighted by Gasteiger charge is 2.10. The first kappa shape index (κ1) is 15.4. The summed E-state index contributed by atoms with van der Waals surface area (Å²) >= 11 is 0. The van der Waals surface area contributed by atoms with Crippen LogP contribution in [0.25, 0.3) is 6.08 Å². The molecule has 104 valence electrons. The molecule has 0 fully saturated rings. The monoisotopic (exact) mass is 261 g/mol. The molecule has 19 heavy (non-hydrogen) atoms. The first-order valence-electron chi connectivity index (χ1n) is 6.77. The van der Waals surface area contributed by atoms with Crippen LogP contribution in [0, 0.1) is 0 Å². The summed E-state index contributed by atoms with van der Waals surface area (Å²) in [7, 11) is 0. The van der Waals surface area contributed by atoms with E-state index in [-0.39, 0.29) is 0 Å². The molecule has 0 saturated heterocycles. The molecular formula is C16H23NO2. The fourth-order valence-electron chi connectivity index (χ4n) is 2.03. The maximum atomic E-state index is 10.6. The van der Waals surface area contributed by atoms with Crippen LogP contribution < -0.4 is 0 Å². The standard InChI is InChI=1S/C16H23NO2/c1-4-11-17(13(2)3)12-15-8-6-5-7-14(15)9-10-16(18)19/h5-10,13H,4,11-12H2,1-3H3,(H,18,19)/b10-9+. The molecule has 0 aliphatic heterocycles. The van der Waals surface area contributed by atoms with Gasteiger partial charge in [-0.25, -0.2) is 4.79 Å². The average Bonchev–Trinajstić information content (AvgIpc) is 2.37. The van der Waals surface area contributed by atoms with Crippen LogP contribution in [0.5, 0.6) is 0 Å². The van der Waals surface area contributed by atoms with E-state index in [4.69, 9.17) is 5.11 Å². The number of rotatable bonds is 7. The third-order valence-corrected chi connectivity index (χ3v) is 3.08. The Labute approximate surface area is 115 Å². The summed E-state index contributed by atoms with van der Waals surface area (Å²) in [5, 5.41) is 8.72. The fraction of sp³-hybridized carbons (Fsp3) is 0.438. The van der Waals surface area contributed by atoms with Crippen LogP contribution in [0.2, 0.25) is 0 Å². The largest absolute Gasteiger partial charge is 0.478 e. The number of carboxylic acids is 1. The van der Waals surface area contributed by atoms with Gasteiger partial charge in [0.05, 0.1) is 0 Å². The van der Waals surface area contributed by atoms with Crippen molar-refractivity contribution in [3.63, 3.8) is 0 Å². The summed E-state index contributed by atoms with van der Waals surface area (Å²) in [6, 6.07) is 8.44. The number of benzene rings is 1. The van der Waals surface area contributed by atoms with Crippen molar-refractivity contribution in [1.82, 2.24) is 4.90 Å². The zero-order valence-corrected chi connectivity index (χ0v) is 12.0. The van der Waals surface area contributed by atoms with Gasteiger partial charge in [-0.3, -0.25) is 4.90 Å². The van der Waals surface area contributed by atoms with Crippen LogP contribution in [-0.4, -0.2) is 28.6 Å². The zero-order chi connectivity index (χ0) is 14.3. The number of carboxylic acid groups (broad SMARTS) is 1. The van der Waals surface area contributed by atoms with Gasteiger partial charge in [0.1, 0.15) is 0 Å². The van der Waals surface area contributed by atoms with Gasteiger partial charge in [-0.2, -0.15) is 0 Å². The van der Waals surface area contributed by atoms with Gasteiger partial charge in [-0.15, -0.1) is 0 Å². The maximum absolute atomic E-state index is 10.6. The number of nitrogens with zero attached hydrogens (tertiary/aromatic N) is 1. The smallest absolute Gasteiger partial charge is 0.328 e. The molecule has 3 nitrogen and oxygen atoms in total. The molecule has 0 aromatic heterocycles. The highest BCUT2D eigenvalue weighted by Crippen LogP contribution is 2.15. The predicted molar refractivity (Wildman–Crippen MR) is 78.9 cm³/mol. The molecule has 0 bridgehead atoms. The first-order valence-corrected chi connectivity index (χ1v) is 6.77. The Morgan fingerprint density at radius 1 is 1.37 bits per heavy atom. The molecule has 1 N–H and O–H groups in total. The predicted octanol–water partition coefficient (Wildman–Crippen LogP) is 3.40. The SMILES string of the molecule is CCCN(Cc1ccccc1/C=C/C(=O)O)C(C)C. The van der Waals surface area contributed by atoms with Crippen LogP contribution in [0.3, 0.4) is 0 Å². The summed E-state index contributed by atoms with van der Waals surface area (Å²) in [6.45, 7) is 8.45. The van der Waals surface area contributed by atoms with Crippen LogP contribution in [0.15, 0.2) is 30.3 Å². The summed E-state index contributed by atoms with van der Waals surface area (Å²) in [4.78, 5) is 13.0. The molecule has 0 radical (unpaired) electrons. The Morgan fingerprint density at radius 3 is 2.63 bits per heavy atom. The molecule has 1 aromatic carbocycles. The lowest BCUT2D eigenvalue weighted by Gasteiger charge is -2.26. The summed E-state index contributed by atoms with van der Waals surface area (Å²) in [6.07, 6.45) is 3.98. The molecule has 0 heterocycles. The zero-order valence-electron chi connectivity index (χ0n) is 12.0. The summed E-state index contributed by atoms with van der Waals surface area (Å²) in [5.41, 5.74) is 2.15. The van der Waals surface area contributed by atoms with E-state index in [1.54, 1.807) is 6.08 Å². The van der Waals surface area contributed by atoms with Crippen molar-refractivity contribution in [2.45, 2.75) is 39.8 Å². The van der Waals surface area contributed by atoms with Gasteiger partial charge in [0.25, 0.3) is 0 Å². The summed E-state index contributed by atoms with van der Waals surface area (Å²) < 4.78 is 0. The first-order chi connectivity index (χ1) is 9.04. The van der Waals surface area contributed by atoms with Gasteiger partial charge in [-0.05, 0) is 44.0 Å². The number of carbonyl (C=O) groups is 1. The number of hydrogen-bond donors (Lipinski definition) is 1. The molecule has 0 aliphatic rings. The van der Waals surface area contributed by atoms with E-state index < -0.39 is 5.97 Å². The lowest BCUT2D eigenvalue weighted by Crippen LogP contribution is -2.31. The van der Waals surface area contributed by atoms with E-state index in [0.29, 0.717) is 6.04 Å². The second-order valence-electron chi connectivity index (χ2n) is 4.93. The summed E-state index contributed by atoms with van der Waals surface area (Å²) in [5.74, 6) is -0.913. The minimum Gasteiger partial charge on any atom is -0.478 e. The molecule has 3 heteroatoms. The van der Waals surface area contributed by atoms with Crippen molar-refractivity contribution in [3.05, 3.63) is 41.5 Å². The second kappa shape index (κ2) is 7.74. The van der Waals surface area contributed by atoms with Gasteiger partial charge < -0.3 is 5.11 Å². The lowest BCUT2D eigenvalue weighted by atomic mass is 10.1. The van der Waals surface area contributed by atoms with Gasteiger partial charge in [0, 0.05) is 18.7 Å². The molecule has 0 atom stereocenters. The van der Waals surface area contributed by atoms with E-state index >= 15 is 0 Å². The topological polar surface area (TPSA) is 40.5 Å². The Morgan fingerprint density at radius 2 is 2.05 bits per heavy atom. The normalized spacial score (nSPS) is 11.6. The highest BCUT2D eigenvalue weighted by atomic mass is 16.4. The third-order valence-electron chi connectivity index (χ3n) is 3.08. The average molecular weight is 261 g/mol. The molecule has 0 spiro atoms. The number of aliphatic carboxylic acids is 1. The number of hydrogen-bond acceptors (Lipinski definition) is 2. The highest BCUT2D eigenvalue weighted by molar-refractivity contribution is 5.85. The minimum absolute atomic E-state index is 0.483. The lowest BCUT2D eigenvalue weighted by molar-refractivity contribution is -0.131. The molecule has 0 saturated carbocycles. The quantitative estimate of drug-likeness (QED) is 0.765. The van der Waals surface area contributed by atoms with Crippen LogP contribution in [0.4, 0.5) is 0 Å². The van der Waals surface area contributed by atoms with Crippen molar-refractivity contribution < 1.29 is 9.90 Å². The Bertz CT molecular complexity index is 438. The van der Waals surface area contributed by atoms with Gasteiger partial charge >= 0.3 is 5.97 Å². The molecule has 0 unspecified atom stereocenters.